The normalized spacial score (nSPS) is 10.7. The van der Waals surface area contributed by atoms with E-state index in [0.29, 0.717) is 57.7 Å². The van der Waals surface area contributed by atoms with E-state index < -0.39 is 0 Å². The summed E-state index contributed by atoms with van der Waals surface area (Å²) < 4.78 is 18.3. The smallest absolute Gasteiger partial charge is 0.234 e. The molecule has 0 spiro atoms. The second-order valence-electron chi connectivity index (χ2n) is 7.07. The molecule has 3 aromatic rings. The zero-order valence-corrected chi connectivity index (χ0v) is 21.5. The number of carbonyl (C=O) groups is 1. The third kappa shape index (κ3) is 6.94. The van der Waals surface area contributed by atoms with Crippen LogP contribution in [0.3, 0.4) is 0 Å². The Morgan fingerprint density at radius 1 is 1.09 bits per heavy atom. The van der Waals surface area contributed by atoms with Crippen molar-refractivity contribution in [1.82, 2.24) is 14.8 Å². The number of aryl methyl sites for hydroxylation is 1. The highest BCUT2D eigenvalue weighted by Crippen LogP contribution is 2.30. The molecular weight excluding hydrogens is 499 g/mol. The highest BCUT2D eigenvalue weighted by molar-refractivity contribution is 7.99. The quantitative estimate of drug-likeness (QED) is 0.252. The Morgan fingerprint density at radius 2 is 1.88 bits per heavy atom. The van der Waals surface area contributed by atoms with Crippen LogP contribution in [0.25, 0.3) is 0 Å². The number of nitrogens with zero attached hydrogens (tertiary/aromatic N) is 3. The molecule has 1 N–H and O–H groups in total. The molecule has 0 aliphatic rings. The molecule has 34 heavy (non-hydrogen) atoms. The minimum atomic E-state index is -0.183. The first-order valence-corrected chi connectivity index (χ1v) is 12.3. The van der Waals surface area contributed by atoms with Gasteiger partial charge in [-0.05, 0) is 43.7 Å². The minimum Gasteiger partial charge on any atom is -0.497 e. The summed E-state index contributed by atoms with van der Waals surface area (Å²) in [5.74, 6) is 2.61. The summed E-state index contributed by atoms with van der Waals surface area (Å²) in [7, 11) is 3.12. The van der Waals surface area contributed by atoms with Gasteiger partial charge >= 0.3 is 0 Å². The maximum Gasteiger partial charge on any atom is 0.234 e. The number of nitrogens with one attached hydrogen (secondary N) is 1. The molecule has 3 rings (SSSR count). The van der Waals surface area contributed by atoms with E-state index in [1.54, 1.807) is 50.6 Å². The van der Waals surface area contributed by atoms with Crippen molar-refractivity contribution in [3.8, 4) is 17.2 Å². The molecule has 182 valence electrons. The molecule has 0 aliphatic heterocycles. The number of thioether (sulfide) groups is 1. The molecule has 0 aliphatic carbocycles. The van der Waals surface area contributed by atoms with Crippen LogP contribution in [0.1, 0.15) is 19.2 Å². The second kappa shape index (κ2) is 12.7. The number of benzene rings is 2. The predicted octanol–water partition coefficient (Wildman–Crippen LogP) is 5.36. The van der Waals surface area contributed by atoms with Crippen LogP contribution in [0.15, 0.2) is 41.6 Å². The van der Waals surface area contributed by atoms with Crippen LogP contribution in [0.4, 0.5) is 5.69 Å². The predicted molar refractivity (Wildman–Crippen MR) is 135 cm³/mol. The summed E-state index contributed by atoms with van der Waals surface area (Å²) in [5.41, 5.74) is 0.547. The Morgan fingerprint density at radius 3 is 2.59 bits per heavy atom. The molecule has 11 heteroatoms. The molecule has 0 saturated carbocycles. The fourth-order valence-electron chi connectivity index (χ4n) is 3.16. The van der Waals surface area contributed by atoms with E-state index in [9.17, 15) is 4.79 Å². The van der Waals surface area contributed by atoms with Gasteiger partial charge in [0.05, 0.1) is 37.3 Å². The van der Waals surface area contributed by atoms with Crippen molar-refractivity contribution in [2.24, 2.45) is 0 Å². The first kappa shape index (κ1) is 26.0. The Balaban J connectivity index is 1.52. The van der Waals surface area contributed by atoms with Crippen molar-refractivity contribution in [3.05, 3.63) is 52.3 Å². The van der Waals surface area contributed by atoms with Gasteiger partial charge < -0.3 is 24.1 Å². The standard InChI is InChI=1S/C23H26Cl2N4O4S/c1-4-29-21(6-5-11-33-19-9-7-15(24)12-17(19)25)27-28-23(29)34-14-22(30)26-18-13-16(31-2)8-10-20(18)32-3/h7-10,12-13H,4-6,11,14H2,1-3H3,(H,26,30). The summed E-state index contributed by atoms with van der Waals surface area (Å²) in [6.07, 6.45) is 1.41. The summed E-state index contributed by atoms with van der Waals surface area (Å²) in [6.45, 7) is 3.19. The third-order valence-electron chi connectivity index (χ3n) is 4.82. The SMILES string of the molecule is CCn1c(CCCOc2ccc(Cl)cc2Cl)nnc1SCC(=O)Nc1cc(OC)ccc1OC. The zero-order valence-electron chi connectivity index (χ0n) is 19.1. The molecule has 0 atom stereocenters. The molecule has 1 aromatic heterocycles. The highest BCUT2D eigenvalue weighted by atomic mass is 35.5. The van der Waals surface area contributed by atoms with Gasteiger partial charge in [0.2, 0.25) is 5.91 Å². The van der Waals surface area contributed by atoms with E-state index in [2.05, 4.69) is 15.5 Å². The second-order valence-corrected chi connectivity index (χ2v) is 8.86. The fraction of sp³-hybridized carbons (Fsp3) is 0.348. The maximum atomic E-state index is 12.5. The van der Waals surface area contributed by atoms with Crippen LogP contribution in [0.2, 0.25) is 10.0 Å². The van der Waals surface area contributed by atoms with Crippen molar-refractivity contribution in [2.45, 2.75) is 31.5 Å². The van der Waals surface area contributed by atoms with Gasteiger partial charge in [-0.3, -0.25) is 4.79 Å². The van der Waals surface area contributed by atoms with Gasteiger partial charge in [0.1, 0.15) is 23.1 Å². The van der Waals surface area contributed by atoms with E-state index in [1.807, 2.05) is 11.5 Å². The van der Waals surface area contributed by atoms with Gasteiger partial charge in [-0.1, -0.05) is 35.0 Å². The molecule has 2 aromatic carbocycles. The van der Waals surface area contributed by atoms with Crippen LogP contribution in [0, 0.1) is 0 Å². The molecule has 0 saturated heterocycles. The van der Waals surface area contributed by atoms with E-state index in [-0.39, 0.29) is 11.7 Å². The van der Waals surface area contributed by atoms with Crippen molar-refractivity contribution in [2.75, 3.05) is 31.9 Å². The lowest BCUT2D eigenvalue weighted by Crippen LogP contribution is -2.15. The van der Waals surface area contributed by atoms with Crippen molar-refractivity contribution < 1.29 is 19.0 Å². The van der Waals surface area contributed by atoms with Crippen molar-refractivity contribution >= 4 is 46.6 Å². The first-order chi connectivity index (χ1) is 16.4. The summed E-state index contributed by atoms with van der Waals surface area (Å²) in [4.78, 5) is 12.5. The van der Waals surface area contributed by atoms with Crippen LogP contribution in [-0.4, -0.2) is 47.3 Å². The van der Waals surface area contributed by atoms with Gasteiger partial charge in [0.15, 0.2) is 5.16 Å². The average molecular weight is 525 g/mol. The Bertz CT molecular complexity index is 1130. The lowest BCUT2D eigenvalue weighted by molar-refractivity contribution is -0.113. The number of hydrogen-bond acceptors (Lipinski definition) is 7. The molecule has 8 nitrogen and oxygen atoms in total. The number of ether oxygens (including phenoxy) is 3. The molecule has 1 amide bonds. The molecule has 1 heterocycles. The Hall–Kier alpha value is -2.62. The molecule has 0 fully saturated rings. The van der Waals surface area contributed by atoms with E-state index in [0.717, 1.165) is 12.2 Å². The highest BCUT2D eigenvalue weighted by Gasteiger charge is 2.15. The van der Waals surface area contributed by atoms with Gasteiger partial charge in [-0.25, -0.2) is 0 Å². The fourth-order valence-corrected chi connectivity index (χ4v) is 4.45. The number of anilines is 1. The summed E-state index contributed by atoms with van der Waals surface area (Å²) in [5, 5.41) is 13.1. The molecular formula is C23H26Cl2N4O4S. The molecule has 0 unspecified atom stereocenters. The maximum absolute atomic E-state index is 12.5. The third-order valence-corrected chi connectivity index (χ3v) is 6.32. The van der Waals surface area contributed by atoms with Gasteiger partial charge in [0.25, 0.3) is 0 Å². The van der Waals surface area contributed by atoms with Crippen LogP contribution < -0.4 is 19.5 Å². The van der Waals surface area contributed by atoms with E-state index in [1.165, 1.54) is 11.8 Å². The van der Waals surface area contributed by atoms with Crippen LogP contribution in [0.5, 0.6) is 17.2 Å². The first-order valence-electron chi connectivity index (χ1n) is 10.6. The average Bonchev–Trinajstić information content (AvgIpc) is 3.23. The number of rotatable bonds is 12. The number of halogens is 2. The number of amides is 1. The number of hydrogen-bond donors (Lipinski definition) is 1. The van der Waals surface area contributed by atoms with E-state index in [4.69, 9.17) is 37.4 Å². The largest absolute Gasteiger partial charge is 0.497 e. The zero-order chi connectivity index (χ0) is 24.5. The summed E-state index contributed by atoms with van der Waals surface area (Å²) >= 11 is 13.4. The minimum absolute atomic E-state index is 0.177. The Kier molecular flexibility index (Phi) is 9.74. The molecule has 0 bridgehead atoms. The lowest BCUT2D eigenvalue weighted by atomic mass is 10.2. The van der Waals surface area contributed by atoms with Gasteiger partial charge in [-0.15, -0.1) is 10.2 Å². The topological polar surface area (TPSA) is 87.5 Å². The monoisotopic (exact) mass is 524 g/mol. The van der Waals surface area contributed by atoms with Crippen molar-refractivity contribution in [1.29, 1.82) is 0 Å². The van der Waals surface area contributed by atoms with E-state index >= 15 is 0 Å². The number of aromatic nitrogens is 3. The lowest BCUT2D eigenvalue weighted by Gasteiger charge is -2.12. The van der Waals surface area contributed by atoms with Gasteiger partial charge in [0, 0.05) is 24.1 Å². The number of carbonyl (C=O) groups excluding carboxylic acids is 1. The van der Waals surface area contributed by atoms with Gasteiger partial charge in [-0.2, -0.15) is 0 Å². The van der Waals surface area contributed by atoms with Crippen LogP contribution in [-0.2, 0) is 17.8 Å². The number of methoxy groups -OCH3 is 2. The van der Waals surface area contributed by atoms with Crippen molar-refractivity contribution in [3.63, 3.8) is 0 Å². The molecule has 0 radical (unpaired) electrons. The Labute approximate surface area is 212 Å². The summed E-state index contributed by atoms with van der Waals surface area (Å²) in [6, 6.07) is 10.4. The van der Waals surface area contributed by atoms with Crippen LogP contribution >= 0.6 is 35.0 Å².